The van der Waals surface area contributed by atoms with Gasteiger partial charge in [-0.2, -0.15) is 0 Å². The van der Waals surface area contributed by atoms with E-state index in [1.165, 1.54) is 50.6 Å². The van der Waals surface area contributed by atoms with Crippen molar-refractivity contribution in [2.24, 2.45) is 5.73 Å². The van der Waals surface area contributed by atoms with Crippen molar-refractivity contribution in [2.45, 2.75) is 103 Å². The number of imidazole rings is 1. The van der Waals surface area contributed by atoms with Crippen LogP contribution in [0, 0.1) is 0 Å². The first-order valence-electron chi connectivity index (χ1n) is 12.0. The molecule has 3 heterocycles. The number of nitrogens with two attached hydrogens (primary N) is 1. The van der Waals surface area contributed by atoms with Crippen molar-refractivity contribution in [3.05, 3.63) is 30.0 Å². The minimum atomic E-state index is 0.0320. The summed E-state index contributed by atoms with van der Waals surface area (Å²) in [5.41, 5.74) is 11.5. The second-order valence-electron chi connectivity index (χ2n) is 8.43. The average molecular weight is 403 g/mol. The van der Waals surface area contributed by atoms with Crippen LogP contribution in [-0.4, -0.2) is 39.7 Å². The zero-order valence-electron chi connectivity index (χ0n) is 18.7. The molecule has 4 N–H and O–H groups in total. The summed E-state index contributed by atoms with van der Waals surface area (Å²) in [5, 5.41) is 5.94. The van der Waals surface area contributed by atoms with Crippen molar-refractivity contribution >= 4 is 0 Å². The SMILES string of the molecule is CC.CCn1c(C2CCC(N3C=CCN3)CC2)cnc1[C@@H](N)CC1CCCCN1. The Kier molecular flexibility index (Phi) is 8.57. The van der Waals surface area contributed by atoms with Gasteiger partial charge in [0.25, 0.3) is 0 Å². The van der Waals surface area contributed by atoms with Crippen molar-refractivity contribution in [3.8, 4) is 0 Å². The molecule has 2 aliphatic heterocycles. The number of hydrogen-bond donors (Lipinski definition) is 3. The Morgan fingerprint density at radius 1 is 1.17 bits per heavy atom. The Hall–Kier alpha value is -1.37. The molecule has 0 bridgehead atoms. The third kappa shape index (κ3) is 5.41. The van der Waals surface area contributed by atoms with E-state index < -0.39 is 0 Å². The lowest BCUT2D eigenvalue weighted by Gasteiger charge is -2.35. The largest absolute Gasteiger partial charge is 0.331 e. The van der Waals surface area contributed by atoms with Gasteiger partial charge in [0.2, 0.25) is 0 Å². The highest BCUT2D eigenvalue weighted by Gasteiger charge is 2.29. The molecule has 1 saturated heterocycles. The summed E-state index contributed by atoms with van der Waals surface area (Å²) in [4.78, 5) is 4.80. The molecule has 6 nitrogen and oxygen atoms in total. The molecule has 0 spiro atoms. The third-order valence-corrected chi connectivity index (χ3v) is 6.68. The Balaban J connectivity index is 0.00000117. The van der Waals surface area contributed by atoms with Gasteiger partial charge in [-0.1, -0.05) is 26.3 Å². The molecule has 2 atom stereocenters. The van der Waals surface area contributed by atoms with Gasteiger partial charge in [-0.15, -0.1) is 0 Å². The molecule has 3 aliphatic rings. The van der Waals surface area contributed by atoms with Crippen LogP contribution in [-0.2, 0) is 6.54 Å². The zero-order chi connectivity index (χ0) is 20.6. The standard InChI is InChI=1S/C21H36N6.C2H6/c1-2-26-20(16-7-9-18(10-8-16)27-13-5-12-25-27)15-24-21(26)19(22)14-17-6-3-4-11-23-17;1-2/h5,13,15-19,23,25H,2-4,6-12,14,22H2,1H3;1-2H3/t16?,17?,18?,19-;/m0./s1. The smallest absolute Gasteiger partial charge is 0.125 e. The summed E-state index contributed by atoms with van der Waals surface area (Å²) in [7, 11) is 0. The van der Waals surface area contributed by atoms with Crippen LogP contribution in [0.25, 0.3) is 0 Å². The van der Waals surface area contributed by atoms with Gasteiger partial charge in [-0.3, -0.25) is 0 Å². The van der Waals surface area contributed by atoms with Crippen molar-refractivity contribution in [1.29, 1.82) is 0 Å². The summed E-state index contributed by atoms with van der Waals surface area (Å²) < 4.78 is 2.41. The number of nitrogens with one attached hydrogen (secondary N) is 2. The average Bonchev–Trinajstić information content (AvgIpc) is 3.46. The molecule has 0 radical (unpaired) electrons. The van der Waals surface area contributed by atoms with Crippen LogP contribution in [0.4, 0.5) is 0 Å². The first kappa shape index (κ1) is 22.3. The van der Waals surface area contributed by atoms with Gasteiger partial charge in [0.1, 0.15) is 5.82 Å². The van der Waals surface area contributed by atoms with Gasteiger partial charge >= 0.3 is 0 Å². The number of rotatable bonds is 6. The fourth-order valence-electron chi connectivity index (χ4n) is 5.18. The van der Waals surface area contributed by atoms with Crippen molar-refractivity contribution in [1.82, 2.24) is 25.3 Å². The highest BCUT2D eigenvalue weighted by Crippen LogP contribution is 2.36. The minimum absolute atomic E-state index is 0.0320. The van der Waals surface area contributed by atoms with Gasteiger partial charge in [0.15, 0.2) is 0 Å². The maximum atomic E-state index is 6.60. The van der Waals surface area contributed by atoms with Gasteiger partial charge in [0, 0.05) is 49.2 Å². The number of nitrogens with zero attached hydrogens (tertiary/aromatic N) is 3. The van der Waals surface area contributed by atoms with Crippen LogP contribution in [0.2, 0.25) is 0 Å². The van der Waals surface area contributed by atoms with Gasteiger partial charge < -0.3 is 20.6 Å². The maximum absolute atomic E-state index is 6.60. The molecule has 1 aromatic heterocycles. The van der Waals surface area contributed by atoms with Crippen LogP contribution in [0.15, 0.2) is 18.5 Å². The van der Waals surface area contributed by atoms with Crippen LogP contribution >= 0.6 is 0 Å². The van der Waals surface area contributed by atoms with E-state index >= 15 is 0 Å². The van der Waals surface area contributed by atoms with E-state index in [2.05, 4.69) is 45.7 Å². The van der Waals surface area contributed by atoms with Crippen LogP contribution < -0.4 is 16.5 Å². The summed E-state index contributed by atoms with van der Waals surface area (Å²) >= 11 is 0. The molecular formula is C23H42N6. The number of piperidine rings is 1. The molecule has 1 unspecified atom stereocenters. The topological polar surface area (TPSA) is 71.1 Å². The molecule has 6 heteroatoms. The lowest BCUT2D eigenvalue weighted by molar-refractivity contribution is 0.166. The number of aromatic nitrogens is 2. The number of hydrogen-bond acceptors (Lipinski definition) is 5. The normalized spacial score (nSPS) is 28.1. The van der Waals surface area contributed by atoms with E-state index in [9.17, 15) is 0 Å². The Bertz CT molecular complexity index is 625. The van der Waals surface area contributed by atoms with Gasteiger partial charge in [-0.05, 0) is 58.4 Å². The second kappa shape index (κ2) is 11.1. The fourth-order valence-corrected chi connectivity index (χ4v) is 5.18. The molecule has 1 aliphatic carbocycles. The second-order valence-corrected chi connectivity index (χ2v) is 8.43. The first-order chi connectivity index (χ1) is 14.3. The molecule has 1 aromatic rings. The predicted molar refractivity (Wildman–Crippen MR) is 120 cm³/mol. The summed E-state index contributed by atoms with van der Waals surface area (Å²) in [6.07, 6.45) is 16.3. The van der Waals surface area contributed by atoms with E-state index in [0.717, 1.165) is 31.9 Å². The van der Waals surface area contributed by atoms with E-state index in [1.807, 2.05) is 13.8 Å². The maximum Gasteiger partial charge on any atom is 0.125 e. The Morgan fingerprint density at radius 3 is 2.59 bits per heavy atom. The van der Waals surface area contributed by atoms with Crippen LogP contribution in [0.1, 0.15) is 95.6 Å². The van der Waals surface area contributed by atoms with Gasteiger partial charge in [0.05, 0.1) is 6.04 Å². The van der Waals surface area contributed by atoms with E-state index in [0.29, 0.717) is 18.0 Å². The number of hydrazine groups is 1. The van der Waals surface area contributed by atoms with E-state index in [4.69, 9.17) is 10.7 Å². The molecule has 2 fully saturated rings. The minimum Gasteiger partial charge on any atom is -0.331 e. The van der Waals surface area contributed by atoms with Gasteiger partial charge in [-0.25, -0.2) is 10.4 Å². The Morgan fingerprint density at radius 2 is 1.97 bits per heavy atom. The summed E-state index contributed by atoms with van der Waals surface area (Å²) in [5.74, 6) is 1.71. The first-order valence-corrected chi connectivity index (χ1v) is 12.0. The van der Waals surface area contributed by atoms with Crippen molar-refractivity contribution in [3.63, 3.8) is 0 Å². The lowest BCUT2D eigenvalue weighted by atomic mass is 9.84. The monoisotopic (exact) mass is 402 g/mol. The van der Waals surface area contributed by atoms with Crippen LogP contribution in [0.5, 0.6) is 0 Å². The van der Waals surface area contributed by atoms with Crippen molar-refractivity contribution in [2.75, 3.05) is 13.1 Å². The Labute approximate surface area is 177 Å². The highest BCUT2D eigenvalue weighted by molar-refractivity contribution is 5.15. The lowest BCUT2D eigenvalue weighted by Crippen LogP contribution is -2.40. The summed E-state index contributed by atoms with van der Waals surface area (Å²) in [6.45, 7) is 9.30. The highest BCUT2D eigenvalue weighted by atomic mass is 15.5. The molecule has 0 amide bonds. The van der Waals surface area contributed by atoms with Crippen molar-refractivity contribution < 1.29 is 0 Å². The zero-order valence-corrected chi connectivity index (χ0v) is 18.7. The van der Waals surface area contributed by atoms with E-state index in [-0.39, 0.29) is 6.04 Å². The molecule has 4 rings (SSSR count). The quantitative estimate of drug-likeness (QED) is 0.675. The fraction of sp³-hybridized carbons (Fsp3) is 0.783. The summed E-state index contributed by atoms with van der Waals surface area (Å²) in [6, 6.07) is 1.22. The van der Waals surface area contributed by atoms with Crippen LogP contribution in [0.3, 0.4) is 0 Å². The third-order valence-electron chi connectivity index (χ3n) is 6.68. The molecule has 0 aromatic carbocycles. The molecule has 164 valence electrons. The molecule has 1 saturated carbocycles. The van der Waals surface area contributed by atoms with E-state index in [1.54, 1.807) is 0 Å². The molecule has 29 heavy (non-hydrogen) atoms. The molecular weight excluding hydrogens is 360 g/mol. The predicted octanol–water partition coefficient (Wildman–Crippen LogP) is 3.82.